The summed E-state index contributed by atoms with van der Waals surface area (Å²) >= 11 is 0. The minimum absolute atomic E-state index is 0.202. The number of carbonyl (C=O) groups is 2. The van der Waals surface area contributed by atoms with Gasteiger partial charge in [0.25, 0.3) is 0 Å². The number of nitrogens with zero attached hydrogens (tertiary/aromatic N) is 2. The summed E-state index contributed by atoms with van der Waals surface area (Å²) in [4.78, 5) is 26.5. The fourth-order valence-corrected chi connectivity index (χ4v) is 1.75. The van der Waals surface area contributed by atoms with Gasteiger partial charge in [-0.3, -0.25) is 0 Å². The molecule has 3 N–H and O–H groups in total. The van der Waals surface area contributed by atoms with Gasteiger partial charge < -0.3 is 20.3 Å². The van der Waals surface area contributed by atoms with Crippen molar-refractivity contribution in [1.82, 2.24) is 20.8 Å². The van der Waals surface area contributed by atoms with Crippen molar-refractivity contribution < 1.29 is 19.2 Å². The maximum Gasteiger partial charge on any atom is 0.335 e. The number of nitrogens with one attached hydrogen (secondary N) is 2. The Balaban J connectivity index is 1.83. The Bertz CT molecular complexity index is 666. The molecule has 1 aromatic heterocycles. The molecule has 0 aliphatic heterocycles. The third kappa shape index (κ3) is 4.05. The highest BCUT2D eigenvalue weighted by molar-refractivity contribution is 5.87. The molecule has 1 heterocycles. The second kappa shape index (κ2) is 6.70. The van der Waals surface area contributed by atoms with E-state index in [2.05, 4.69) is 20.8 Å². The summed E-state index contributed by atoms with van der Waals surface area (Å²) in [6, 6.07) is 5.48. The smallest absolute Gasteiger partial charge is 0.335 e. The van der Waals surface area contributed by atoms with Gasteiger partial charge in [0, 0.05) is 6.54 Å². The van der Waals surface area contributed by atoms with Crippen molar-refractivity contribution in [3.8, 4) is 0 Å². The highest BCUT2D eigenvalue weighted by atomic mass is 16.5. The molecule has 116 valence electrons. The van der Waals surface area contributed by atoms with Gasteiger partial charge in [-0.05, 0) is 31.5 Å². The Morgan fingerprint density at radius 3 is 2.55 bits per heavy atom. The number of rotatable bonds is 5. The van der Waals surface area contributed by atoms with Crippen molar-refractivity contribution in [3.05, 3.63) is 47.1 Å². The molecule has 22 heavy (non-hydrogen) atoms. The summed E-state index contributed by atoms with van der Waals surface area (Å²) in [5.41, 5.74) is 0.995. The summed E-state index contributed by atoms with van der Waals surface area (Å²) < 4.78 is 4.97. The lowest BCUT2D eigenvalue weighted by Crippen LogP contribution is -2.36. The number of aryl methyl sites for hydroxylation is 1. The largest absolute Gasteiger partial charge is 0.478 e. The van der Waals surface area contributed by atoms with Crippen molar-refractivity contribution in [2.75, 3.05) is 0 Å². The molecular weight excluding hydrogens is 288 g/mol. The van der Waals surface area contributed by atoms with Crippen molar-refractivity contribution in [3.63, 3.8) is 0 Å². The normalized spacial score (nSPS) is 11.7. The standard InChI is InChI=1S/C14H16N4O4/c1-8(12-17-9(2)18-22-12)16-14(21)15-7-10-3-5-11(6-4-10)13(19)20/h3-6,8H,7H2,1-2H3,(H,19,20)(H2,15,16,21). The van der Waals surface area contributed by atoms with Crippen LogP contribution in [0.1, 0.15) is 40.6 Å². The summed E-state index contributed by atoms with van der Waals surface area (Å²) in [7, 11) is 0. The van der Waals surface area contributed by atoms with Crippen LogP contribution >= 0.6 is 0 Å². The average Bonchev–Trinajstić information content (AvgIpc) is 2.92. The van der Waals surface area contributed by atoms with E-state index in [-0.39, 0.29) is 18.1 Å². The predicted molar refractivity (Wildman–Crippen MR) is 76.2 cm³/mol. The van der Waals surface area contributed by atoms with E-state index in [9.17, 15) is 9.59 Å². The van der Waals surface area contributed by atoms with Crippen LogP contribution in [0.15, 0.2) is 28.8 Å². The Hall–Kier alpha value is -2.90. The third-order valence-electron chi connectivity index (χ3n) is 2.92. The molecule has 0 aliphatic rings. The summed E-state index contributed by atoms with van der Waals surface area (Å²) in [6.45, 7) is 3.70. The van der Waals surface area contributed by atoms with Crippen LogP contribution in [0.5, 0.6) is 0 Å². The highest BCUT2D eigenvalue weighted by Crippen LogP contribution is 2.09. The number of benzene rings is 1. The monoisotopic (exact) mass is 304 g/mol. The van der Waals surface area contributed by atoms with Crippen LogP contribution in [-0.2, 0) is 6.54 Å². The zero-order chi connectivity index (χ0) is 16.1. The number of carbonyl (C=O) groups excluding carboxylic acids is 1. The molecule has 1 aromatic carbocycles. The van der Waals surface area contributed by atoms with Gasteiger partial charge in [-0.15, -0.1) is 0 Å². The van der Waals surface area contributed by atoms with Crippen LogP contribution in [0.4, 0.5) is 4.79 Å². The number of urea groups is 1. The van der Waals surface area contributed by atoms with Gasteiger partial charge in [-0.2, -0.15) is 4.98 Å². The van der Waals surface area contributed by atoms with E-state index in [4.69, 9.17) is 9.63 Å². The van der Waals surface area contributed by atoms with E-state index in [1.165, 1.54) is 12.1 Å². The zero-order valence-corrected chi connectivity index (χ0v) is 12.2. The SMILES string of the molecule is Cc1noc(C(C)NC(=O)NCc2ccc(C(=O)O)cc2)n1. The van der Waals surface area contributed by atoms with Gasteiger partial charge in [-0.25, -0.2) is 9.59 Å². The van der Waals surface area contributed by atoms with Crippen LogP contribution in [0, 0.1) is 6.92 Å². The fraction of sp³-hybridized carbons (Fsp3) is 0.286. The zero-order valence-electron chi connectivity index (χ0n) is 12.2. The Labute approximate surface area is 126 Å². The number of aromatic carboxylic acids is 1. The first-order chi connectivity index (χ1) is 10.5. The van der Waals surface area contributed by atoms with E-state index in [0.29, 0.717) is 11.7 Å². The molecule has 0 fully saturated rings. The first-order valence-corrected chi connectivity index (χ1v) is 6.62. The lowest BCUT2D eigenvalue weighted by molar-refractivity contribution is 0.0697. The molecule has 1 unspecified atom stereocenters. The molecule has 8 nitrogen and oxygen atoms in total. The second-order valence-corrected chi connectivity index (χ2v) is 4.73. The van der Waals surface area contributed by atoms with E-state index in [0.717, 1.165) is 5.56 Å². The summed E-state index contributed by atoms with van der Waals surface area (Å²) in [6.07, 6.45) is 0. The molecule has 2 amide bonds. The number of carboxylic acids is 1. The van der Waals surface area contributed by atoms with Crippen LogP contribution < -0.4 is 10.6 Å². The molecule has 0 radical (unpaired) electrons. The summed E-state index contributed by atoms with van der Waals surface area (Å²) in [5.74, 6) is -0.151. The van der Waals surface area contributed by atoms with Gasteiger partial charge in [0.2, 0.25) is 5.89 Å². The maximum atomic E-state index is 11.8. The van der Waals surface area contributed by atoms with Crippen LogP contribution in [-0.4, -0.2) is 27.2 Å². The Kier molecular flexibility index (Phi) is 4.72. The Morgan fingerprint density at radius 1 is 1.32 bits per heavy atom. The second-order valence-electron chi connectivity index (χ2n) is 4.73. The van der Waals surface area contributed by atoms with E-state index in [1.54, 1.807) is 26.0 Å². The predicted octanol–water partition coefficient (Wildman–Crippen LogP) is 1.64. The maximum absolute atomic E-state index is 11.8. The van der Waals surface area contributed by atoms with Gasteiger partial charge in [0.15, 0.2) is 5.82 Å². The van der Waals surface area contributed by atoms with Crippen molar-refractivity contribution >= 4 is 12.0 Å². The molecular formula is C14H16N4O4. The van der Waals surface area contributed by atoms with Crippen molar-refractivity contribution in [1.29, 1.82) is 0 Å². The first kappa shape index (κ1) is 15.5. The quantitative estimate of drug-likeness (QED) is 0.773. The van der Waals surface area contributed by atoms with Gasteiger partial charge in [0.1, 0.15) is 6.04 Å². The highest BCUT2D eigenvalue weighted by Gasteiger charge is 2.15. The van der Waals surface area contributed by atoms with Gasteiger partial charge in [0.05, 0.1) is 5.56 Å². The molecule has 0 saturated carbocycles. The van der Waals surface area contributed by atoms with E-state index < -0.39 is 12.0 Å². The van der Waals surface area contributed by atoms with Gasteiger partial charge >= 0.3 is 12.0 Å². The average molecular weight is 304 g/mol. The number of hydrogen-bond donors (Lipinski definition) is 3. The van der Waals surface area contributed by atoms with Crippen molar-refractivity contribution in [2.45, 2.75) is 26.4 Å². The molecule has 0 aliphatic carbocycles. The fourth-order valence-electron chi connectivity index (χ4n) is 1.75. The summed E-state index contributed by atoms with van der Waals surface area (Å²) in [5, 5.41) is 17.8. The number of carboxylic acid groups (broad SMARTS) is 1. The molecule has 2 rings (SSSR count). The number of amides is 2. The molecule has 0 spiro atoms. The van der Waals surface area contributed by atoms with E-state index in [1.807, 2.05) is 0 Å². The topological polar surface area (TPSA) is 117 Å². The minimum atomic E-state index is -0.985. The Morgan fingerprint density at radius 2 is 2.00 bits per heavy atom. The molecule has 2 aromatic rings. The molecule has 0 bridgehead atoms. The minimum Gasteiger partial charge on any atom is -0.478 e. The molecule has 1 atom stereocenters. The van der Waals surface area contributed by atoms with Crippen LogP contribution in [0.3, 0.4) is 0 Å². The van der Waals surface area contributed by atoms with Gasteiger partial charge in [-0.1, -0.05) is 17.3 Å². The van der Waals surface area contributed by atoms with Crippen LogP contribution in [0.25, 0.3) is 0 Å². The van der Waals surface area contributed by atoms with Crippen molar-refractivity contribution in [2.24, 2.45) is 0 Å². The molecule has 8 heteroatoms. The van der Waals surface area contributed by atoms with Crippen LogP contribution in [0.2, 0.25) is 0 Å². The molecule has 0 saturated heterocycles. The number of hydrogen-bond acceptors (Lipinski definition) is 5. The van der Waals surface area contributed by atoms with E-state index >= 15 is 0 Å². The lowest BCUT2D eigenvalue weighted by atomic mass is 10.1. The third-order valence-corrected chi connectivity index (χ3v) is 2.92. The first-order valence-electron chi connectivity index (χ1n) is 6.62. The lowest BCUT2D eigenvalue weighted by Gasteiger charge is -2.11. The number of aromatic nitrogens is 2.